The molecule has 0 bridgehead atoms. The summed E-state index contributed by atoms with van der Waals surface area (Å²) in [7, 11) is 1.24. The summed E-state index contributed by atoms with van der Waals surface area (Å²) in [5.74, 6) is -0.169. The minimum Gasteiger partial charge on any atom is -0.452 e. The average Bonchev–Trinajstić information content (AvgIpc) is 2.56. The fourth-order valence-electron chi connectivity index (χ4n) is 1.62. The van der Waals surface area contributed by atoms with Crippen molar-refractivity contribution < 1.29 is 19.1 Å². The maximum atomic E-state index is 12.0. The summed E-state index contributed by atoms with van der Waals surface area (Å²) in [4.78, 5) is 22.8. The van der Waals surface area contributed by atoms with Gasteiger partial charge in [0.05, 0.1) is 23.9 Å². The Hall–Kier alpha value is -2.86. The second-order valence-electron chi connectivity index (χ2n) is 4.30. The molecule has 2 aromatic carbocycles. The number of benzene rings is 2. The molecule has 1 amide bonds. The van der Waals surface area contributed by atoms with Gasteiger partial charge >= 0.3 is 12.1 Å². The zero-order chi connectivity index (χ0) is 16.7. The molecule has 0 atom stereocenters. The number of rotatable bonds is 4. The highest BCUT2D eigenvalue weighted by Gasteiger charge is 2.11. The van der Waals surface area contributed by atoms with Gasteiger partial charge in [0.25, 0.3) is 0 Å². The normalized spacial score (nSPS) is 10.3. The first-order valence-electron chi connectivity index (χ1n) is 6.54. The van der Waals surface area contributed by atoms with Gasteiger partial charge in [0.1, 0.15) is 5.75 Å². The Morgan fingerprint density at radius 2 is 1.83 bits per heavy atom. The second-order valence-corrected chi connectivity index (χ2v) is 4.71. The van der Waals surface area contributed by atoms with E-state index in [1.165, 1.54) is 13.3 Å². The minimum absolute atomic E-state index is 0.294. The van der Waals surface area contributed by atoms with Crippen LogP contribution in [0.15, 0.2) is 53.6 Å². The van der Waals surface area contributed by atoms with Gasteiger partial charge in [-0.3, -0.25) is 0 Å². The van der Waals surface area contributed by atoms with E-state index >= 15 is 0 Å². The predicted molar refractivity (Wildman–Crippen MR) is 86.0 cm³/mol. The van der Waals surface area contributed by atoms with Gasteiger partial charge in [0.2, 0.25) is 0 Å². The Bertz CT molecular complexity index is 729. The number of hydrogen-bond donors (Lipinski definition) is 1. The van der Waals surface area contributed by atoms with E-state index in [1.807, 2.05) is 0 Å². The van der Waals surface area contributed by atoms with Crippen LogP contribution in [0, 0.1) is 0 Å². The van der Waals surface area contributed by atoms with Crippen LogP contribution in [-0.4, -0.2) is 25.4 Å². The third-order valence-electron chi connectivity index (χ3n) is 2.74. The fourth-order valence-corrected chi connectivity index (χ4v) is 1.83. The molecule has 0 aliphatic rings. The number of carbonyl (C=O) groups is 2. The number of methoxy groups -OCH3 is 1. The van der Waals surface area contributed by atoms with Gasteiger partial charge in [-0.1, -0.05) is 23.7 Å². The van der Waals surface area contributed by atoms with Crippen molar-refractivity contribution in [2.45, 2.75) is 0 Å². The number of halogens is 1. The number of carbonyl (C=O) groups excluding carboxylic acids is 2. The Kier molecular flexibility index (Phi) is 5.71. The summed E-state index contributed by atoms with van der Waals surface area (Å²) in [6.45, 7) is 0. The Morgan fingerprint density at radius 1 is 1.13 bits per heavy atom. The van der Waals surface area contributed by atoms with Crippen LogP contribution in [0.5, 0.6) is 5.75 Å². The molecule has 118 valence electrons. The van der Waals surface area contributed by atoms with Crippen molar-refractivity contribution in [2.75, 3.05) is 7.11 Å². The zero-order valence-corrected chi connectivity index (χ0v) is 12.9. The smallest absolute Gasteiger partial charge is 0.427 e. The van der Waals surface area contributed by atoms with E-state index in [0.29, 0.717) is 21.9 Å². The van der Waals surface area contributed by atoms with E-state index in [2.05, 4.69) is 15.3 Å². The number of nitrogens with zero attached hydrogens (tertiary/aromatic N) is 1. The van der Waals surface area contributed by atoms with Crippen LogP contribution in [0.4, 0.5) is 4.79 Å². The van der Waals surface area contributed by atoms with Gasteiger partial charge in [0.15, 0.2) is 0 Å². The molecule has 2 aromatic rings. The first-order valence-corrected chi connectivity index (χ1v) is 6.92. The van der Waals surface area contributed by atoms with E-state index < -0.39 is 12.1 Å². The summed E-state index contributed by atoms with van der Waals surface area (Å²) < 4.78 is 9.61. The van der Waals surface area contributed by atoms with Crippen molar-refractivity contribution in [3.63, 3.8) is 0 Å². The van der Waals surface area contributed by atoms with Gasteiger partial charge in [-0.2, -0.15) is 5.10 Å². The van der Waals surface area contributed by atoms with Crippen LogP contribution >= 0.6 is 11.6 Å². The number of amides is 1. The van der Waals surface area contributed by atoms with E-state index in [-0.39, 0.29) is 0 Å². The molecule has 23 heavy (non-hydrogen) atoms. The third kappa shape index (κ3) is 4.82. The molecule has 0 spiro atoms. The Morgan fingerprint density at radius 3 is 2.48 bits per heavy atom. The molecule has 7 heteroatoms. The summed E-state index contributed by atoms with van der Waals surface area (Å²) >= 11 is 5.94. The van der Waals surface area contributed by atoms with Crippen LogP contribution in [0.3, 0.4) is 0 Å². The zero-order valence-electron chi connectivity index (χ0n) is 12.2. The summed E-state index contributed by atoms with van der Waals surface area (Å²) in [6.07, 6.45) is 0.767. The predicted octanol–water partition coefficient (Wildman–Crippen LogP) is 3.25. The van der Waals surface area contributed by atoms with Crippen LogP contribution in [-0.2, 0) is 4.74 Å². The molecule has 1 N–H and O–H groups in total. The van der Waals surface area contributed by atoms with Crippen molar-refractivity contribution in [1.82, 2.24) is 5.43 Å². The third-order valence-corrected chi connectivity index (χ3v) is 3.07. The SMILES string of the molecule is COC(=O)NN=Cc1ccc(OC(=O)c2ccccc2Cl)cc1. The lowest BCUT2D eigenvalue weighted by atomic mass is 10.2. The van der Waals surface area contributed by atoms with Crippen molar-refractivity contribution in [3.05, 3.63) is 64.7 Å². The summed E-state index contributed by atoms with van der Waals surface area (Å²) in [5, 5.41) is 4.02. The van der Waals surface area contributed by atoms with Gasteiger partial charge in [-0.15, -0.1) is 0 Å². The quantitative estimate of drug-likeness (QED) is 0.403. The van der Waals surface area contributed by atoms with Gasteiger partial charge < -0.3 is 9.47 Å². The summed E-state index contributed by atoms with van der Waals surface area (Å²) in [5.41, 5.74) is 3.16. The molecule has 0 radical (unpaired) electrons. The van der Waals surface area contributed by atoms with E-state index in [1.54, 1.807) is 48.5 Å². The lowest BCUT2D eigenvalue weighted by molar-refractivity contribution is 0.0735. The number of nitrogens with one attached hydrogen (secondary N) is 1. The second kappa shape index (κ2) is 7.95. The minimum atomic E-state index is -0.661. The van der Waals surface area contributed by atoms with Crippen molar-refractivity contribution in [3.8, 4) is 5.75 Å². The Labute approximate surface area is 137 Å². The maximum Gasteiger partial charge on any atom is 0.427 e. The van der Waals surface area contributed by atoms with Gasteiger partial charge in [-0.25, -0.2) is 15.0 Å². The van der Waals surface area contributed by atoms with Crippen LogP contribution in [0.25, 0.3) is 0 Å². The molecule has 0 fully saturated rings. The average molecular weight is 333 g/mol. The number of hydrogen-bond acceptors (Lipinski definition) is 5. The van der Waals surface area contributed by atoms with Crippen molar-refractivity contribution in [1.29, 1.82) is 0 Å². The van der Waals surface area contributed by atoms with Crippen LogP contribution < -0.4 is 10.2 Å². The van der Waals surface area contributed by atoms with Gasteiger partial charge in [0, 0.05) is 0 Å². The molecule has 0 unspecified atom stereocenters. The first-order chi connectivity index (χ1) is 11.1. The first kappa shape index (κ1) is 16.5. The molecule has 0 aliphatic heterocycles. The summed E-state index contributed by atoms with van der Waals surface area (Å²) in [6, 6.07) is 13.2. The lowest BCUT2D eigenvalue weighted by Crippen LogP contribution is -2.16. The van der Waals surface area contributed by atoms with Crippen LogP contribution in [0.1, 0.15) is 15.9 Å². The molecule has 0 heterocycles. The maximum absolute atomic E-state index is 12.0. The standard InChI is InChI=1S/C16H13ClN2O4/c1-22-16(21)19-18-10-11-6-8-12(9-7-11)23-15(20)13-4-2-3-5-14(13)17/h2-10H,1H3,(H,19,21). The molecular weight excluding hydrogens is 320 g/mol. The van der Waals surface area contributed by atoms with E-state index in [9.17, 15) is 9.59 Å². The molecule has 2 rings (SSSR count). The van der Waals surface area contributed by atoms with Crippen LogP contribution in [0.2, 0.25) is 5.02 Å². The van der Waals surface area contributed by atoms with Crippen molar-refractivity contribution >= 4 is 29.9 Å². The molecule has 6 nitrogen and oxygen atoms in total. The fraction of sp³-hybridized carbons (Fsp3) is 0.0625. The Balaban J connectivity index is 1.99. The van der Waals surface area contributed by atoms with Gasteiger partial charge in [-0.05, 0) is 42.0 Å². The molecular formula is C16H13ClN2O4. The highest BCUT2D eigenvalue weighted by molar-refractivity contribution is 6.33. The highest BCUT2D eigenvalue weighted by Crippen LogP contribution is 2.18. The number of esters is 1. The lowest BCUT2D eigenvalue weighted by Gasteiger charge is -2.05. The molecule has 0 saturated carbocycles. The van der Waals surface area contributed by atoms with E-state index in [4.69, 9.17) is 16.3 Å². The molecule has 0 saturated heterocycles. The number of hydrazone groups is 1. The monoisotopic (exact) mass is 332 g/mol. The molecule has 0 aromatic heterocycles. The number of ether oxygens (including phenoxy) is 2. The topological polar surface area (TPSA) is 77.0 Å². The molecule has 0 aliphatic carbocycles. The van der Waals surface area contributed by atoms with Crippen molar-refractivity contribution in [2.24, 2.45) is 5.10 Å². The largest absolute Gasteiger partial charge is 0.452 e. The van der Waals surface area contributed by atoms with E-state index in [0.717, 1.165) is 0 Å². The highest BCUT2D eigenvalue weighted by atomic mass is 35.5.